The molecule has 1 fully saturated rings. The highest BCUT2D eigenvalue weighted by Crippen LogP contribution is 2.19. The molecule has 0 bridgehead atoms. The van der Waals surface area contributed by atoms with Gasteiger partial charge in [-0.3, -0.25) is 4.79 Å². The summed E-state index contributed by atoms with van der Waals surface area (Å²) in [7, 11) is -3.25. The molecule has 0 saturated carbocycles. The van der Waals surface area contributed by atoms with Crippen molar-refractivity contribution in [1.82, 2.24) is 4.72 Å². The predicted octanol–water partition coefficient (Wildman–Crippen LogP) is 1.61. The maximum Gasteiger partial charge on any atom is 0.211 e. The lowest BCUT2D eigenvalue weighted by Crippen LogP contribution is -2.47. The van der Waals surface area contributed by atoms with Crippen molar-refractivity contribution in [3.8, 4) is 5.75 Å². The van der Waals surface area contributed by atoms with E-state index in [0.29, 0.717) is 37.6 Å². The Balaban J connectivity index is 1.95. The number of carbonyl (C=O) groups excluding carboxylic acids is 1. The van der Waals surface area contributed by atoms with Crippen LogP contribution in [-0.4, -0.2) is 45.8 Å². The van der Waals surface area contributed by atoms with Crippen LogP contribution < -0.4 is 9.46 Å². The topological polar surface area (TPSA) is 81.7 Å². The van der Waals surface area contributed by atoms with Crippen molar-refractivity contribution < 1.29 is 22.7 Å². The van der Waals surface area contributed by atoms with Crippen molar-refractivity contribution in [3.63, 3.8) is 0 Å². The van der Waals surface area contributed by atoms with E-state index in [1.54, 1.807) is 31.2 Å². The van der Waals surface area contributed by atoms with E-state index in [1.165, 1.54) is 6.92 Å². The van der Waals surface area contributed by atoms with Gasteiger partial charge in [0.15, 0.2) is 5.78 Å². The summed E-state index contributed by atoms with van der Waals surface area (Å²) in [5.41, 5.74) is 0.631. The first-order valence-electron chi connectivity index (χ1n) is 7.73. The Bertz CT molecular complexity index is 626. The van der Waals surface area contributed by atoms with Crippen LogP contribution in [0.3, 0.4) is 0 Å². The van der Waals surface area contributed by atoms with E-state index in [1.807, 2.05) is 0 Å². The van der Waals surface area contributed by atoms with Crippen LogP contribution in [0, 0.1) is 5.92 Å². The molecule has 1 saturated heterocycles. The van der Waals surface area contributed by atoms with Gasteiger partial charge in [-0.25, -0.2) is 13.1 Å². The van der Waals surface area contributed by atoms with Gasteiger partial charge in [-0.15, -0.1) is 0 Å². The minimum Gasteiger partial charge on any atom is -0.493 e. The summed E-state index contributed by atoms with van der Waals surface area (Å²) in [4.78, 5) is 11.2. The predicted molar refractivity (Wildman–Crippen MR) is 87.3 cm³/mol. The Morgan fingerprint density at radius 3 is 2.65 bits per heavy atom. The number of ketones is 1. The van der Waals surface area contributed by atoms with Gasteiger partial charge in [-0.1, -0.05) is 0 Å². The SMILES string of the molecule is CCS(=O)(=O)NC1CCOCC1COc1ccc(C(C)=O)cc1. The summed E-state index contributed by atoms with van der Waals surface area (Å²) in [5, 5.41) is 0. The molecular weight excluding hydrogens is 318 g/mol. The number of rotatable bonds is 7. The van der Waals surface area contributed by atoms with Crippen LogP contribution in [0.5, 0.6) is 5.75 Å². The lowest BCUT2D eigenvalue weighted by Gasteiger charge is -2.31. The number of carbonyl (C=O) groups is 1. The molecule has 0 radical (unpaired) electrons. The molecule has 0 spiro atoms. The summed E-state index contributed by atoms with van der Waals surface area (Å²) in [6, 6.07) is 6.74. The fourth-order valence-electron chi connectivity index (χ4n) is 2.42. The van der Waals surface area contributed by atoms with Crippen molar-refractivity contribution in [2.24, 2.45) is 5.92 Å². The number of hydrogen-bond donors (Lipinski definition) is 1. The van der Waals surface area contributed by atoms with Crippen LogP contribution in [0.15, 0.2) is 24.3 Å². The maximum atomic E-state index is 11.8. The minimum absolute atomic E-state index is 0.00580. The average Bonchev–Trinajstić information content (AvgIpc) is 2.54. The molecule has 7 heteroatoms. The summed E-state index contributed by atoms with van der Waals surface area (Å²) in [6.45, 7) is 4.49. The second-order valence-corrected chi connectivity index (χ2v) is 7.69. The van der Waals surface area contributed by atoms with Gasteiger partial charge in [0, 0.05) is 24.1 Å². The van der Waals surface area contributed by atoms with E-state index < -0.39 is 10.0 Å². The summed E-state index contributed by atoms with van der Waals surface area (Å²) in [6.07, 6.45) is 0.635. The van der Waals surface area contributed by atoms with E-state index in [2.05, 4.69) is 4.72 Å². The first kappa shape index (κ1) is 17.9. The first-order valence-corrected chi connectivity index (χ1v) is 9.38. The molecule has 1 heterocycles. The molecule has 2 unspecified atom stereocenters. The smallest absolute Gasteiger partial charge is 0.211 e. The highest BCUT2D eigenvalue weighted by molar-refractivity contribution is 7.89. The summed E-state index contributed by atoms with van der Waals surface area (Å²) in [5.74, 6) is 0.672. The van der Waals surface area contributed by atoms with Crippen molar-refractivity contribution in [2.75, 3.05) is 25.6 Å². The summed E-state index contributed by atoms with van der Waals surface area (Å²) >= 11 is 0. The Morgan fingerprint density at radius 1 is 1.35 bits per heavy atom. The maximum absolute atomic E-state index is 11.8. The van der Waals surface area contributed by atoms with Crippen LogP contribution in [0.2, 0.25) is 0 Å². The Morgan fingerprint density at radius 2 is 2.04 bits per heavy atom. The van der Waals surface area contributed by atoms with Gasteiger partial charge in [-0.05, 0) is 44.5 Å². The standard InChI is InChI=1S/C16H23NO5S/c1-3-23(19,20)17-16-8-9-21-10-14(16)11-22-15-6-4-13(5-7-15)12(2)18/h4-7,14,16-17H,3,8-11H2,1-2H3. The van der Waals surface area contributed by atoms with E-state index in [4.69, 9.17) is 9.47 Å². The molecule has 23 heavy (non-hydrogen) atoms. The number of Topliss-reactive ketones (excluding diaryl/α,β-unsaturated/α-hetero) is 1. The molecule has 1 aliphatic rings. The van der Waals surface area contributed by atoms with Crippen LogP contribution in [-0.2, 0) is 14.8 Å². The monoisotopic (exact) mass is 341 g/mol. The van der Waals surface area contributed by atoms with Crippen LogP contribution in [0.25, 0.3) is 0 Å². The number of benzene rings is 1. The van der Waals surface area contributed by atoms with Gasteiger partial charge in [-0.2, -0.15) is 0 Å². The number of sulfonamides is 1. The zero-order chi connectivity index (χ0) is 16.9. The molecule has 1 aliphatic heterocycles. The fourth-order valence-corrected chi connectivity index (χ4v) is 3.36. The van der Waals surface area contributed by atoms with Crippen molar-refractivity contribution in [1.29, 1.82) is 0 Å². The lowest BCUT2D eigenvalue weighted by atomic mass is 9.98. The van der Waals surface area contributed by atoms with Gasteiger partial charge in [0.25, 0.3) is 0 Å². The largest absolute Gasteiger partial charge is 0.493 e. The number of ether oxygens (including phenoxy) is 2. The second kappa shape index (κ2) is 7.90. The number of nitrogens with one attached hydrogen (secondary N) is 1. The normalized spacial score (nSPS) is 21.8. The molecule has 128 valence electrons. The van der Waals surface area contributed by atoms with Crippen LogP contribution in [0.4, 0.5) is 0 Å². The fraction of sp³-hybridized carbons (Fsp3) is 0.562. The third kappa shape index (κ3) is 5.30. The quantitative estimate of drug-likeness (QED) is 0.762. The van der Waals surface area contributed by atoms with Crippen LogP contribution in [0.1, 0.15) is 30.6 Å². The van der Waals surface area contributed by atoms with E-state index in [0.717, 1.165) is 0 Å². The van der Waals surface area contributed by atoms with Gasteiger partial charge >= 0.3 is 0 Å². The molecule has 2 atom stereocenters. The Labute approximate surface area is 137 Å². The molecule has 0 amide bonds. The number of hydrogen-bond acceptors (Lipinski definition) is 5. The van der Waals surface area contributed by atoms with E-state index in [-0.39, 0.29) is 23.5 Å². The Hall–Kier alpha value is -1.44. The Kier molecular flexibility index (Phi) is 6.15. The molecule has 1 aromatic rings. The zero-order valence-corrected chi connectivity index (χ0v) is 14.3. The van der Waals surface area contributed by atoms with Gasteiger partial charge in [0.1, 0.15) is 5.75 Å². The van der Waals surface area contributed by atoms with Gasteiger partial charge < -0.3 is 9.47 Å². The van der Waals surface area contributed by atoms with Gasteiger partial charge in [0.2, 0.25) is 10.0 Å². The van der Waals surface area contributed by atoms with E-state index in [9.17, 15) is 13.2 Å². The average molecular weight is 341 g/mol. The minimum atomic E-state index is -3.25. The van der Waals surface area contributed by atoms with Gasteiger partial charge in [0.05, 0.1) is 19.0 Å². The summed E-state index contributed by atoms with van der Waals surface area (Å²) < 4.78 is 37.4. The molecule has 1 aromatic carbocycles. The molecule has 1 N–H and O–H groups in total. The first-order chi connectivity index (χ1) is 10.9. The van der Waals surface area contributed by atoms with Crippen molar-refractivity contribution in [3.05, 3.63) is 29.8 Å². The third-order valence-electron chi connectivity index (χ3n) is 3.91. The highest BCUT2D eigenvalue weighted by Gasteiger charge is 2.29. The van der Waals surface area contributed by atoms with Crippen molar-refractivity contribution >= 4 is 15.8 Å². The highest BCUT2D eigenvalue weighted by atomic mass is 32.2. The molecule has 0 aromatic heterocycles. The zero-order valence-electron chi connectivity index (χ0n) is 13.4. The molecule has 6 nitrogen and oxygen atoms in total. The van der Waals surface area contributed by atoms with E-state index >= 15 is 0 Å². The molecular formula is C16H23NO5S. The second-order valence-electron chi connectivity index (χ2n) is 5.64. The molecule has 2 rings (SSSR count). The molecule has 0 aliphatic carbocycles. The lowest BCUT2D eigenvalue weighted by molar-refractivity contribution is 0.0186. The van der Waals surface area contributed by atoms with Crippen LogP contribution >= 0.6 is 0 Å². The third-order valence-corrected chi connectivity index (χ3v) is 5.33. The van der Waals surface area contributed by atoms with Crippen molar-refractivity contribution in [2.45, 2.75) is 26.3 Å².